The lowest BCUT2D eigenvalue weighted by atomic mass is 10.1. The van der Waals surface area contributed by atoms with Gasteiger partial charge in [-0.1, -0.05) is 36.0 Å². The molecular formula is C23H24N4OS2. The molecule has 1 N–H and O–H groups in total. The van der Waals surface area contributed by atoms with Crippen LogP contribution in [0.4, 0.5) is 0 Å². The number of nitrogens with one attached hydrogen (secondary N) is 1. The van der Waals surface area contributed by atoms with Crippen LogP contribution in [0.5, 0.6) is 0 Å². The Hall–Kier alpha value is -2.64. The number of hydrogen-bond acceptors (Lipinski definition) is 5. The number of thioether (sulfide) groups is 1. The number of thiazole rings is 1. The molecular weight excluding hydrogens is 412 g/mol. The maximum atomic E-state index is 12.4. The van der Waals surface area contributed by atoms with Crippen LogP contribution in [-0.2, 0) is 12.3 Å². The average molecular weight is 437 g/mol. The molecule has 1 amide bonds. The predicted molar refractivity (Wildman–Crippen MR) is 124 cm³/mol. The number of aryl methyl sites for hydroxylation is 3. The van der Waals surface area contributed by atoms with Crippen molar-refractivity contribution in [2.75, 3.05) is 6.54 Å². The number of aromatic nitrogens is 3. The number of amides is 1. The topological polar surface area (TPSA) is 59.8 Å². The van der Waals surface area contributed by atoms with Crippen molar-refractivity contribution in [3.8, 4) is 0 Å². The number of carbonyl (C=O) groups is 1. The number of para-hydroxylation sites is 2. The molecule has 0 fully saturated rings. The monoisotopic (exact) mass is 436 g/mol. The first-order valence-electron chi connectivity index (χ1n) is 9.94. The summed E-state index contributed by atoms with van der Waals surface area (Å²) in [6.07, 6.45) is 0.856. The Balaban J connectivity index is 1.25. The van der Waals surface area contributed by atoms with Gasteiger partial charge in [-0.15, -0.1) is 11.3 Å². The van der Waals surface area contributed by atoms with Crippen LogP contribution in [0.15, 0.2) is 58.3 Å². The van der Waals surface area contributed by atoms with Gasteiger partial charge in [0.1, 0.15) is 10.2 Å². The summed E-state index contributed by atoms with van der Waals surface area (Å²) >= 11 is 3.40. The first kappa shape index (κ1) is 20.6. The SMILES string of the molecule is Cc1csc(SCc2ccc(C(=O)NCCCn3c(C)nc4ccccc43)cc2)n1. The van der Waals surface area contributed by atoms with Gasteiger partial charge >= 0.3 is 0 Å². The molecule has 4 aromatic rings. The lowest BCUT2D eigenvalue weighted by Gasteiger charge is -2.09. The number of nitrogens with zero attached hydrogens (tertiary/aromatic N) is 3. The smallest absolute Gasteiger partial charge is 0.251 e. The van der Waals surface area contributed by atoms with Crippen LogP contribution in [0.25, 0.3) is 11.0 Å². The molecule has 4 rings (SSSR count). The molecule has 0 radical (unpaired) electrons. The van der Waals surface area contributed by atoms with Gasteiger partial charge in [-0.05, 0) is 50.1 Å². The van der Waals surface area contributed by atoms with Gasteiger partial charge in [0.2, 0.25) is 0 Å². The second-order valence-corrected chi connectivity index (χ2v) is 9.23. The maximum absolute atomic E-state index is 12.4. The van der Waals surface area contributed by atoms with Gasteiger partial charge in [0.05, 0.1) is 11.0 Å². The highest BCUT2D eigenvalue weighted by Crippen LogP contribution is 2.26. The largest absolute Gasteiger partial charge is 0.352 e. The molecule has 2 heterocycles. The van der Waals surface area contributed by atoms with Gasteiger partial charge in [-0.2, -0.15) is 0 Å². The first-order chi connectivity index (χ1) is 14.6. The molecule has 0 spiro atoms. The van der Waals surface area contributed by atoms with Crippen molar-refractivity contribution >= 4 is 40.0 Å². The Morgan fingerprint density at radius 3 is 2.67 bits per heavy atom. The highest BCUT2D eigenvalue weighted by molar-refractivity contribution is 8.00. The predicted octanol–water partition coefficient (Wildman–Crippen LogP) is 5.22. The van der Waals surface area contributed by atoms with Crippen molar-refractivity contribution in [3.05, 3.63) is 76.6 Å². The number of imidazole rings is 1. The van der Waals surface area contributed by atoms with Crippen molar-refractivity contribution < 1.29 is 4.79 Å². The van der Waals surface area contributed by atoms with E-state index in [4.69, 9.17) is 0 Å². The lowest BCUT2D eigenvalue weighted by molar-refractivity contribution is 0.0953. The molecule has 0 aliphatic heterocycles. The van der Waals surface area contributed by atoms with Crippen molar-refractivity contribution in [3.63, 3.8) is 0 Å². The number of benzene rings is 2. The van der Waals surface area contributed by atoms with Crippen molar-refractivity contribution in [1.29, 1.82) is 0 Å². The number of fused-ring (bicyclic) bond motifs is 1. The number of rotatable bonds is 8. The third-order valence-corrected chi connectivity index (χ3v) is 7.08. The van der Waals surface area contributed by atoms with Crippen molar-refractivity contribution in [2.24, 2.45) is 0 Å². The van der Waals surface area contributed by atoms with Crippen LogP contribution in [-0.4, -0.2) is 27.0 Å². The second kappa shape index (κ2) is 9.45. The molecule has 0 saturated heterocycles. The Kier molecular flexibility index (Phi) is 6.50. The molecule has 0 bridgehead atoms. The number of hydrogen-bond donors (Lipinski definition) is 1. The summed E-state index contributed by atoms with van der Waals surface area (Å²) < 4.78 is 3.29. The molecule has 0 unspecified atom stereocenters. The fraction of sp³-hybridized carbons (Fsp3) is 0.261. The van der Waals surface area contributed by atoms with Crippen molar-refractivity contribution in [1.82, 2.24) is 19.9 Å². The second-order valence-electron chi connectivity index (χ2n) is 7.15. The summed E-state index contributed by atoms with van der Waals surface area (Å²) in [6.45, 7) is 5.49. The zero-order chi connectivity index (χ0) is 20.9. The van der Waals surface area contributed by atoms with Gasteiger partial charge in [0.25, 0.3) is 5.91 Å². The normalized spacial score (nSPS) is 11.1. The van der Waals surface area contributed by atoms with E-state index in [1.54, 1.807) is 23.1 Å². The Morgan fingerprint density at radius 2 is 1.90 bits per heavy atom. The molecule has 0 aliphatic rings. The fourth-order valence-corrected chi connectivity index (χ4v) is 5.12. The summed E-state index contributed by atoms with van der Waals surface area (Å²) in [5.41, 5.74) is 5.10. The van der Waals surface area contributed by atoms with E-state index in [2.05, 4.69) is 31.3 Å². The van der Waals surface area contributed by atoms with Crippen molar-refractivity contribution in [2.45, 2.75) is 36.9 Å². The van der Waals surface area contributed by atoms with E-state index >= 15 is 0 Å². The van der Waals surface area contributed by atoms with E-state index in [0.29, 0.717) is 12.1 Å². The van der Waals surface area contributed by atoms with Crippen LogP contribution in [0, 0.1) is 13.8 Å². The zero-order valence-electron chi connectivity index (χ0n) is 17.1. The van der Waals surface area contributed by atoms with Gasteiger partial charge < -0.3 is 9.88 Å². The molecule has 0 aliphatic carbocycles. The molecule has 0 saturated carbocycles. The van der Waals surface area contributed by atoms with E-state index in [1.807, 2.05) is 56.3 Å². The molecule has 154 valence electrons. The molecule has 30 heavy (non-hydrogen) atoms. The minimum Gasteiger partial charge on any atom is -0.352 e. The lowest BCUT2D eigenvalue weighted by Crippen LogP contribution is -2.25. The maximum Gasteiger partial charge on any atom is 0.251 e. The molecule has 7 heteroatoms. The standard InChI is InChI=1S/C23H24N4OS2/c1-16-14-29-23(25-16)30-15-18-8-10-19(11-9-18)22(28)24-12-5-13-27-17(2)26-20-6-3-4-7-21(20)27/h3-4,6-11,14H,5,12-13,15H2,1-2H3,(H,24,28). The van der Waals surface area contributed by atoms with E-state index in [9.17, 15) is 4.79 Å². The zero-order valence-corrected chi connectivity index (χ0v) is 18.7. The Morgan fingerprint density at radius 1 is 1.10 bits per heavy atom. The quantitative estimate of drug-likeness (QED) is 0.304. The molecule has 0 atom stereocenters. The Bertz CT molecular complexity index is 1150. The van der Waals surface area contributed by atoms with E-state index < -0.39 is 0 Å². The Labute approximate surface area is 184 Å². The van der Waals surface area contributed by atoms with Crippen LogP contribution in [0.2, 0.25) is 0 Å². The summed E-state index contributed by atoms with van der Waals surface area (Å²) in [7, 11) is 0. The molecule has 5 nitrogen and oxygen atoms in total. The summed E-state index contributed by atoms with van der Waals surface area (Å²) in [4.78, 5) is 21.5. The van der Waals surface area contributed by atoms with E-state index in [-0.39, 0.29) is 5.91 Å². The minimum absolute atomic E-state index is 0.0306. The van der Waals surface area contributed by atoms with Gasteiger partial charge in [-0.25, -0.2) is 9.97 Å². The third-order valence-electron chi connectivity index (χ3n) is 4.87. The average Bonchev–Trinajstić information content (AvgIpc) is 3.32. The third kappa shape index (κ3) is 4.91. The van der Waals surface area contributed by atoms with Gasteiger partial charge in [0.15, 0.2) is 0 Å². The number of carbonyl (C=O) groups excluding carboxylic acids is 1. The highest BCUT2D eigenvalue weighted by atomic mass is 32.2. The highest BCUT2D eigenvalue weighted by Gasteiger charge is 2.08. The van der Waals surface area contributed by atoms with E-state index in [1.165, 1.54) is 5.56 Å². The first-order valence-corrected chi connectivity index (χ1v) is 11.8. The van der Waals surface area contributed by atoms with E-state index in [0.717, 1.165) is 45.6 Å². The summed E-state index contributed by atoms with van der Waals surface area (Å²) in [6, 6.07) is 16.0. The van der Waals surface area contributed by atoms with Crippen LogP contribution in [0.1, 0.15) is 33.9 Å². The van der Waals surface area contributed by atoms with Crippen LogP contribution < -0.4 is 5.32 Å². The van der Waals surface area contributed by atoms with Crippen LogP contribution >= 0.6 is 23.1 Å². The summed E-state index contributed by atoms with van der Waals surface area (Å²) in [5, 5.41) is 5.08. The summed E-state index contributed by atoms with van der Waals surface area (Å²) in [5.74, 6) is 1.83. The fourth-order valence-electron chi connectivity index (χ4n) is 3.32. The van der Waals surface area contributed by atoms with Gasteiger partial charge in [-0.3, -0.25) is 4.79 Å². The van der Waals surface area contributed by atoms with Crippen LogP contribution in [0.3, 0.4) is 0 Å². The molecule has 2 aromatic heterocycles. The minimum atomic E-state index is -0.0306. The molecule has 2 aromatic carbocycles. The van der Waals surface area contributed by atoms with Gasteiger partial charge in [0, 0.05) is 35.5 Å².